The number of aromatic carboxylic acids is 1. The average Bonchev–Trinajstić information content (AvgIpc) is 0.744. The standard InChI is InChI=1S/C89H89N5O28S2.4Na.2H2O/c1-46(97)93-77-67(104)40-88(45-96,121-81(77)79(108)69(106)42-91-84(111)52-15-21-59(54(34-52)44-95)75-61-23-17-55(99)36-71(61)119-72-37-56(100)18-24-62(72)75)117-28-4-32-124-33-27-90-83(110)51-13-9-49(10-14-51)48-7-11-50(12-8-48)66(103)6-3-30-123-31-5-29-118-89(87(115)116)41-68(105)78(94-47(2)98)82(122-89)80(109)70(107)43-92-85(112)53-16-22-60(65(35-53)86(113)114)76-63-25-19-57(101)38-73(63)120-74-39-58(102)20-26-64(74)76;;;;;;/h7-17,19-26,34-39,67-71,77-82,99,101,104-109H,3-6,18,27-33,40-43H2,1-2H3,(H,90,110)(H,91,111)(H,92,112)(H,93,97)(H,94,98)(H,113,114)(H,115,116);;;;;2*1H2/q-2;4*+1;;/p-4/t67-,68-,69+,70+,71?,77+,78+,79+,80+,81+,82+,88+,89+;;;;;;/m0....../s1. The van der Waals surface area contributed by atoms with Gasteiger partial charge in [0, 0.05) is 140 Å². The number of carboxylic acid groups (broad SMARTS) is 2. The van der Waals surface area contributed by atoms with Crippen LogP contribution in [-0.4, -0.2) is 252 Å². The Morgan fingerprint density at radius 2 is 1.17 bits per heavy atom. The number of ether oxygens (including phenoxy) is 5. The minimum atomic E-state index is -2.70. The summed E-state index contributed by atoms with van der Waals surface area (Å²) in [6.07, 6.45) is -4.58. The number of fused-ring (bicyclic) bond motifs is 4. The van der Waals surface area contributed by atoms with Crippen molar-refractivity contribution in [1.29, 1.82) is 0 Å². The maximum Gasteiger partial charge on any atom is 1.00 e. The first-order valence-corrected chi connectivity index (χ1v) is 41.8. The predicted octanol–water partition coefficient (Wildman–Crippen LogP) is -9.79. The number of aliphatic hydroxyl groups excluding tert-OH is 7. The Morgan fingerprint density at radius 3 is 1.77 bits per heavy atom. The van der Waals surface area contributed by atoms with Crippen molar-refractivity contribution in [1.82, 2.24) is 26.6 Å². The van der Waals surface area contributed by atoms with Crippen LogP contribution in [0.1, 0.15) is 122 Å². The zero-order chi connectivity index (χ0) is 88.8. The number of carbonyl (C=O) groups excluding carboxylic acids is 11. The number of carboxylic acids is 2. The first-order valence-electron chi connectivity index (χ1n) is 39.5. The molecule has 0 bridgehead atoms. The Labute approximate surface area is 841 Å². The number of aromatic hydroxyl groups is 1. The van der Waals surface area contributed by atoms with Crippen molar-refractivity contribution in [3.05, 3.63) is 224 Å². The van der Waals surface area contributed by atoms with Crippen molar-refractivity contribution >= 4 is 106 Å². The van der Waals surface area contributed by atoms with Crippen LogP contribution < -0.4 is 160 Å². The van der Waals surface area contributed by atoms with E-state index in [1.807, 2.05) is 6.29 Å². The van der Waals surface area contributed by atoms with Crippen LogP contribution in [0.3, 0.4) is 0 Å². The van der Waals surface area contributed by atoms with E-state index in [4.69, 9.17) is 28.1 Å². The Bertz CT molecular complexity index is 5480. The van der Waals surface area contributed by atoms with Gasteiger partial charge in [-0.05, 0) is 119 Å². The fourth-order valence-electron chi connectivity index (χ4n) is 15.2. The molecule has 0 saturated carbocycles. The predicted molar refractivity (Wildman–Crippen MR) is 448 cm³/mol. The second kappa shape index (κ2) is 50.4. The summed E-state index contributed by atoms with van der Waals surface area (Å²) in [6.45, 7) is 0.729. The van der Waals surface area contributed by atoms with E-state index in [1.165, 1.54) is 108 Å². The number of Topliss-reactive ketones (excluding diaryl/α,β-unsaturated/α-hetero) is 1. The summed E-state index contributed by atoms with van der Waals surface area (Å²) in [7, 11) is 0. The monoisotopic (exact) mass is 1860 g/mol. The van der Waals surface area contributed by atoms with Crippen LogP contribution in [0.25, 0.3) is 50.1 Å². The Morgan fingerprint density at radius 1 is 0.615 bits per heavy atom. The molecule has 5 aromatic carbocycles. The van der Waals surface area contributed by atoms with Gasteiger partial charge in [0.05, 0.1) is 61.1 Å². The Balaban J connectivity index is 0.00000434. The van der Waals surface area contributed by atoms with Gasteiger partial charge < -0.3 is 136 Å². The number of nitrogens with one attached hydrogen (secondary N) is 5. The van der Waals surface area contributed by atoms with Gasteiger partial charge >= 0.3 is 118 Å². The van der Waals surface area contributed by atoms with Gasteiger partial charge in [-0.25, -0.2) is 6.29 Å². The van der Waals surface area contributed by atoms with Gasteiger partial charge in [0.2, 0.25) is 23.5 Å². The summed E-state index contributed by atoms with van der Waals surface area (Å²) in [6, 6.07) is 26.7. The minimum Gasteiger partial charge on any atom is -0.870 e. The molecule has 2 fully saturated rings. The smallest absolute Gasteiger partial charge is 0.870 e. The van der Waals surface area contributed by atoms with E-state index < -0.39 is 151 Å². The van der Waals surface area contributed by atoms with Crippen LogP contribution in [0.5, 0.6) is 5.75 Å². The van der Waals surface area contributed by atoms with Crippen molar-refractivity contribution in [3.8, 4) is 39.3 Å². The number of hydrogen-bond acceptors (Lipinski definition) is 32. The maximum absolute atomic E-state index is 13.6. The summed E-state index contributed by atoms with van der Waals surface area (Å²) in [5.41, 5.74) is 3.93. The largest absolute Gasteiger partial charge is 1.00 e. The molecule has 5 aromatic rings. The summed E-state index contributed by atoms with van der Waals surface area (Å²) >= 11 is 2.91. The van der Waals surface area contributed by atoms with E-state index in [2.05, 4.69) is 26.6 Å². The van der Waals surface area contributed by atoms with Gasteiger partial charge in [0.1, 0.15) is 65.1 Å². The molecule has 41 heteroatoms. The van der Waals surface area contributed by atoms with E-state index in [-0.39, 0.29) is 242 Å². The van der Waals surface area contributed by atoms with Crippen molar-refractivity contribution in [2.45, 2.75) is 137 Å². The second-order valence-electron chi connectivity index (χ2n) is 30.0. The zero-order valence-corrected chi connectivity index (χ0v) is 81.2. The molecule has 5 amide bonds. The van der Waals surface area contributed by atoms with Gasteiger partial charge in [-0.1, -0.05) is 66.3 Å². The zero-order valence-electron chi connectivity index (χ0n) is 71.6. The van der Waals surface area contributed by atoms with Crippen molar-refractivity contribution in [2.75, 3.05) is 55.9 Å². The van der Waals surface area contributed by atoms with Gasteiger partial charge in [0.25, 0.3) is 11.8 Å². The summed E-state index contributed by atoms with van der Waals surface area (Å²) in [5, 5.41) is 127. The number of phenolic OH excluding ortho intramolecular Hbond substituents is 1. The summed E-state index contributed by atoms with van der Waals surface area (Å²) in [5.74, 6) is -10.4. The fraction of sp³-hybridized carbons (Fsp3) is 0.348. The second-order valence-corrected chi connectivity index (χ2v) is 32.4. The number of rotatable bonds is 38. The molecule has 13 atom stereocenters. The number of hydrogen-bond donors (Lipinski definition) is 13. The molecule has 0 spiro atoms. The fourth-order valence-corrected chi connectivity index (χ4v) is 16.8. The van der Waals surface area contributed by atoms with Crippen LogP contribution in [0, 0.1) is 0 Å². The van der Waals surface area contributed by atoms with Crippen molar-refractivity contribution < 1.29 is 261 Å². The molecule has 3 aliphatic carbocycles. The van der Waals surface area contributed by atoms with Gasteiger partial charge in [-0.2, -0.15) is 23.5 Å². The van der Waals surface area contributed by atoms with Crippen LogP contribution >= 0.6 is 23.5 Å². The number of aliphatic carboxylic acids is 1. The normalized spacial score (nSPS) is 20.9. The molecule has 4 heterocycles. The molecular formula is C89H89N5Na4O30S2-2. The molecule has 1 unspecified atom stereocenters. The third-order valence-electron chi connectivity index (χ3n) is 21.3. The third-order valence-corrected chi connectivity index (χ3v) is 23.5. The van der Waals surface area contributed by atoms with E-state index in [9.17, 15) is 109 Å². The summed E-state index contributed by atoms with van der Waals surface area (Å²) < 4.78 is 35.2. The van der Waals surface area contributed by atoms with E-state index in [0.29, 0.717) is 80.2 Å². The van der Waals surface area contributed by atoms with Crippen molar-refractivity contribution in [2.24, 2.45) is 0 Å². The molecule has 130 heavy (non-hydrogen) atoms. The number of ketones is 2. The van der Waals surface area contributed by atoms with Crippen LogP contribution in [0.4, 0.5) is 0 Å². The quantitative estimate of drug-likeness (QED) is 0.00562. The molecule has 2 saturated heterocycles. The number of phenols is 1. The van der Waals surface area contributed by atoms with Crippen LogP contribution in [-0.2, 0) is 52.5 Å². The summed E-state index contributed by atoms with van der Waals surface area (Å²) in [4.78, 5) is 153. The number of aliphatic hydroxyl groups is 7. The maximum atomic E-state index is 13.6. The van der Waals surface area contributed by atoms with Crippen LogP contribution in [0.15, 0.2) is 184 Å². The molecule has 4 aliphatic heterocycles. The van der Waals surface area contributed by atoms with Gasteiger partial charge in [-0.3, -0.25) is 38.4 Å². The molecule has 7 aliphatic rings. The number of thioether (sulfide) groups is 2. The molecule has 12 rings (SSSR count). The minimum absolute atomic E-state index is 0. The number of amides is 5. The molecule has 668 valence electrons. The van der Waals surface area contributed by atoms with E-state index >= 15 is 0 Å². The Hall–Kier alpha value is -7.92. The topological polar surface area (TPSA) is 592 Å². The third kappa shape index (κ3) is 27.0. The Kier molecular flexibility index (Phi) is 43.0. The number of carbonyl (C=O) groups is 9. The van der Waals surface area contributed by atoms with Crippen molar-refractivity contribution in [3.63, 3.8) is 0 Å². The number of allylic oxidation sites excluding steroid dienone is 4. The molecule has 15 N–H and O–H groups in total. The van der Waals surface area contributed by atoms with Gasteiger partial charge in [0.15, 0.2) is 17.0 Å². The SMILES string of the molecule is CC(=O)N[C@H]1[C@H]([C@H](O)[C@H](O)CNC(=O)c2ccc(C3=C4C=CC(O)=CC4OC4=CC(=O)CC=C43)c([C-]=O)c2)O[C@]([C-]=O)(OCCCSCCNC(=O)c2ccc(-c3ccc(C(=O)CCCSCCCO[C@]4(C(=O)[O-])C[C@H](O)[C@@H](NC(C)=O)[C@H]([C@H](O)[C@H](O)CNC(=O)c5ccc(-c6c7ccc(=O)cc-7oc7cc(O)ccc67)c(C(=O)[O-])c5)O4)cc3)cc2)C[C@@H]1O.[Na+].[Na+].[Na+].[Na+].[OH-].[OH-]. The van der Waals surface area contributed by atoms with Crippen LogP contribution in [0.2, 0.25) is 0 Å². The first-order chi connectivity index (χ1) is 59.4. The molecule has 0 radical (unpaired) electrons. The first kappa shape index (κ1) is 111. The molecular weight excluding hydrogens is 1780 g/mol. The average molecular weight is 1860 g/mol. The molecule has 0 aromatic heterocycles. The number of benzene rings is 6. The van der Waals surface area contributed by atoms with Gasteiger partial charge in [-0.15, -0.1) is 23.3 Å². The molecule has 35 nitrogen and oxygen atoms in total. The van der Waals surface area contributed by atoms with E-state index in [1.54, 1.807) is 67.0 Å². The van der Waals surface area contributed by atoms with E-state index in [0.717, 1.165) is 31.0 Å².